The topological polar surface area (TPSA) is 35.6 Å². The molecule has 1 heterocycles. The van der Waals surface area contributed by atoms with E-state index in [0.717, 1.165) is 38.3 Å². The molecule has 6 heteroatoms. The molecular weight excluding hydrogens is 348 g/mol. The molecule has 0 saturated carbocycles. The maximum absolute atomic E-state index is 13.8. The van der Waals surface area contributed by atoms with Gasteiger partial charge >= 0.3 is 0 Å². The van der Waals surface area contributed by atoms with Crippen molar-refractivity contribution >= 4 is 17.3 Å². The van der Waals surface area contributed by atoms with Gasteiger partial charge in [-0.1, -0.05) is 12.1 Å². The number of halogens is 2. The molecule has 0 aliphatic carbocycles. The van der Waals surface area contributed by atoms with Gasteiger partial charge in [-0.2, -0.15) is 0 Å². The fourth-order valence-corrected chi connectivity index (χ4v) is 3.42. The third kappa shape index (κ3) is 4.27. The Bertz CT molecular complexity index is 832. The van der Waals surface area contributed by atoms with Gasteiger partial charge in [0.15, 0.2) is 0 Å². The van der Waals surface area contributed by atoms with Gasteiger partial charge in [-0.15, -0.1) is 0 Å². The van der Waals surface area contributed by atoms with E-state index in [2.05, 4.69) is 47.2 Å². The van der Waals surface area contributed by atoms with E-state index in [1.807, 2.05) is 6.92 Å². The van der Waals surface area contributed by atoms with Gasteiger partial charge in [-0.05, 0) is 50.1 Å². The van der Waals surface area contributed by atoms with E-state index in [-0.39, 0.29) is 11.6 Å². The quantitative estimate of drug-likeness (QED) is 0.887. The minimum Gasteiger partial charge on any atom is -0.369 e. The summed E-state index contributed by atoms with van der Waals surface area (Å²) in [5, 5.41) is 2.56. The van der Waals surface area contributed by atoms with Crippen molar-refractivity contribution in [3.05, 3.63) is 59.2 Å². The summed E-state index contributed by atoms with van der Waals surface area (Å²) in [6, 6.07) is 9.05. The van der Waals surface area contributed by atoms with Gasteiger partial charge in [-0.3, -0.25) is 9.69 Å². The Kier molecular flexibility index (Phi) is 5.75. The summed E-state index contributed by atoms with van der Waals surface area (Å²) in [4.78, 5) is 16.9. The average Bonchev–Trinajstić information content (AvgIpc) is 2.66. The summed E-state index contributed by atoms with van der Waals surface area (Å²) >= 11 is 0. The van der Waals surface area contributed by atoms with Gasteiger partial charge in [0.25, 0.3) is 0 Å². The molecule has 0 aromatic heterocycles. The third-order valence-electron chi connectivity index (χ3n) is 5.35. The predicted molar refractivity (Wildman–Crippen MR) is 104 cm³/mol. The van der Waals surface area contributed by atoms with E-state index in [1.54, 1.807) is 0 Å². The number of aryl methyl sites for hydroxylation is 1. The first-order valence-corrected chi connectivity index (χ1v) is 9.18. The van der Waals surface area contributed by atoms with Crippen LogP contribution in [0.1, 0.15) is 18.1 Å². The van der Waals surface area contributed by atoms with Crippen LogP contribution in [0.4, 0.5) is 20.2 Å². The highest BCUT2D eigenvalue weighted by Gasteiger charge is 2.26. The van der Waals surface area contributed by atoms with Crippen molar-refractivity contribution in [1.82, 2.24) is 4.90 Å². The normalized spacial score (nSPS) is 16.3. The lowest BCUT2D eigenvalue weighted by atomic mass is 10.1. The van der Waals surface area contributed by atoms with Gasteiger partial charge in [0, 0.05) is 37.9 Å². The Morgan fingerprint density at radius 2 is 1.78 bits per heavy atom. The van der Waals surface area contributed by atoms with Crippen molar-refractivity contribution < 1.29 is 13.6 Å². The number of nitrogens with one attached hydrogen (secondary N) is 1. The van der Waals surface area contributed by atoms with Crippen molar-refractivity contribution in [2.24, 2.45) is 0 Å². The smallest absolute Gasteiger partial charge is 0.241 e. The van der Waals surface area contributed by atoms with Gasteiger partial charge in [-0.25, -0.2) is 8.78 Å². The number of anilines is 2. The van der Waals surface area contributed by atoms with E-state index >= 15 is 0 Å². The van der Waals surface area contributed by atoms with Crippen LogP contribution in [0.5, 0.6) is 0 Å². The lowest BCUT2D eigenvalue weighted by molar-refractivity contribution is -0.120. The molecule has 0 unspecified atom stereocenters. The second kappa shape index (κ2) is 8.05. The summed E-state index contributed by atoms with van der Waals surface area (Å²) in [5.74, 6) is -1.72. The van der Waals surface area contributed by atoms with Crippen LogP contribution in [0.2, 0.25) is 0 Å². The molecule has 0 radical (unpaired) electrons. The number of nitrogens with zero attached hydrogens (tertiary/aromatic N) is 2. The zero-order valence-corrected chi connectivity index (χ0v) is 15.9. The molecule has 1 aliphatic heterocycles. The maximum Gasteiger partial charge on any atom is 0.241 e. The second-order valence-electron chi connectivity index (χ2n) is 7.03. The number of hydrogen-bond donors (Lipinski definition) is 1. The van der Waals surface area contributed by atoms with Gasteiger partial charge < -0.3 is 10.2 Å². The van der Waals surface area contributed by atoms with E-state index in [1.165, 1.54) is 22.9 Å². The largest absolute Gasteiger partial charge is 0.369 e. The highest BCUT2D eigenvalue weighted by Crippen LogP contribution is 2.24. The Morgan fingerprint density at radius 3 is 2.44 bits per heavy atom. The number of piperazine rings is 1. The standard InChI is InChI=1S/C21H25F2N3O/c1-14-5-4-6-20(15(14)2)26-11-9-25(10-12-26)16(3)21(27)24-19-8-7-17(22)13-18(19)23/h4-8,13,16H,9-12H2,1-3H3,(H,24,27)/t16-/m0/s1. The van der Waals surface area contributed by atoms with Crippen LogP contribution in [0.3, 0.4) is 0 Å². The number of carbonyl (C=O) groups excluding carboxylic acids is 1. The minimum absolute atomic E-state index is 0.00210. The summed E-state index contributed by atoms with van der Waals surface area (Å²) in [6.45, 7) is 9.19. The number of benzene rings is 2. The van der Waals surface area contributed by atoms with Gasteiger partial charge in [0.2, 0.25) is 5.91 Å². The second-order valence-corrected chi connectivity index (χ2v) is 7.03. The number of amides is 1. The van der Waals surface area contributed by atoms with Crippen molar-refractivity contribution in [3.63, 3.8) is 0 Å². The summed E-state index contributed by atoms with van der Waals surface area (Å²) in [6.07, 6.45) is 0. The Labute approximate surface area is 158 Å². The van der Waals surface area contributed by atoms with E-state index < -0.39 is 17.7 Å². The van der Waals surface area contributed by atoms with Gasteiger partial charge in [0.05, 0.1) is 11.7 Å². The minimum atomic E-state index is -0.768. The molecule has 144 valence electrons. The molecule has 2 aromatic carbocycles. The predicted octanol–water partition coefficient (Wildman–Crippen LogP) is 3.73. The van der Waals surface area contributed by atoms with Crippen LogP contribution >= 0.6 is 0 Å². The SMILES string of the molecule is Cc1cccc(N2CCN([C@@H](C)C(=O)Nc3ccc(F)cc3F)CC2)c1C. The van der Waals surface area contributed by atoms with Crippen molar-refractivity contribution in [2.45, 2.75) is 26.8 Å². The molecule has 1 atom stereocenters. The first-order chi connectivity index (χ1) is 12.9. The monoisotopic (exact) mass is 373 g/mol. The highest BCUT2D eigenvalue weighted by atomic mass is 19.1. The number of carbonyl (C=O) groups is 1. The van der Waals surface area contributed by atoms with Gasteiger partial charge in [0.1, 0.15) is 11.6 Å². The lowest BCUT2D eigenvalue weighted by Crippen LogP contribution is -2.53. The zero-order valence-electron chi connectivity index (χ0n) is 15.9. The average molecular weight is 373 g/mol. The molecule has 3 rings (SSSR count). The molecular formula is C21H25F2N3O. The van der Waals surface area contributed by atoms with E-state index in [4.69, 9.17) is 0 Å². The van der Waals surface area contributed by atoms with Crippen LogP contribution < -0.4 is 10.2 Å². The fraction of sp³-hybridized carbons (Fsp3) is 0.381. The first kappa shape index (κ1) is 19.3. The maximum atomic E-state index is 13.8. The van der Waals surface area contributed by atoms with Crippen LogP contribution in [0, 0.1) is 25.5 Å². The van der Waals surface area contributed by atoms with E-state index in [0.29, 0.717) is 0 Å². The van der Waals surface area contributed by atoms with Crippen LogP contribution in [0.25, 0.3) is 0 Å². The molecule has 1 N–H and O–H groups in total. The molecule has 1 saturated heterocycles. The zero-order chi connectivity index (χ0) is 19.6. The third-order valence-corrected chi connectivity index (χ3v) is 5.35. The number of hydrogen-bond acceptors (Lipinski definition) is 3. The first-order valence-electron chi connectivity index (χ1n) is 9.18. The summed E-state index contributed by atoms with van der Waals surface area (Å²) < 4.78 is 26.7. The molecule has 0 bridgehead atoms. The van der Waals surface area contributed by atoms with Crippen molar-refractivity contribution in [3.8, 4) is 0 Å². The van der Waals surface area contributed by atoms with Crippen molar-refractivity contribution in [2.75, 3.05) is 36.4 Å². The van der Waals surface area contributed by atoms with Crippen LogP contribution in [-0.4, -0.2) is 43.0 Å². The fourth-order valence-electron chi connectivity index (χ4n) is 3.42. The number of rotatable bonds is 4. The molecule has 0 spiro atoms. The van der Waals surface area contributed by atoms with Crippen LogP contribution in [0.15, 0.2) is 36.4 Å². The molecule has 4 nitrogen and oxygen atoms in total. The van der Waals surface area contributed by atoms with Crippen molar-refractivity contribution in [1.29, 1.82) is 0 Å². The molecule has 1 fully saturated rings. The summed E-state index contributed by atoms with van der Waals surface area (Å²) in [5.41, 5.74) is 3.79. The van der Waals surface area contributed by atoms with E-state index in [9.17, 15) is 13.6 Å². The molecule has 1 amide bonds. The molecule has 27 heavy (non-hydrogen) atoms. The summed E-state index contributed by atoms with van der Waals surface area (Å²) in [7, 11) is 0. The Balaban J connectivity index is 1.60. The Morgan fingerprint density at radius 1 is 1.07 bits per heavy atom. The lowest BCUT2D eigenvalue weighted by Gasteiger charge is -2.39. The molecule has 1 aliphatic rings. The highest BCUT2D eigenvalue weighted by molar-refractivity contribution is 5.94. The molecule has 2 aromatic rings. The van der Waals surface area contributed by atoms with Crippen LogP contribution in [-0.2, 0) is 4.79 Å². The Hall–Kier alpha value is -2.47.